The van der Waals surface area contributed by atoms with Crippen molar-refractivity contribution in [3.8, 4) is 0 Å². The quantitative estimate of drug-likeness (QED) is 0.804. The molecule has 27 heavy (non-hydrogen) atoms. The van der Waals surface area contributed by atoms with Crippen LogP contribution in [-0.2, 0) is 4.79 Å². The average molecular weight is 394 g/mol. The van der Waals surface area contributed by atoms with Gasteiger partial charge >= 0.3 is 0 Å². The molecule has 3 rings (SSSR count). The molecule has 1 heterocycles. The lowest BCUT2D eigenvalue weighted by Crippen LogP contribution is -2.50. The molecule has 1 unspecified atom stereocenters. The second-order valence-electron chi connectivity index (χ2n) is 8.33. The summed E-state index contributed by atoms with van der Waals surface area (Å²) in [5.74, 6) is 0.262. The molecular formula is C21H32ClN3O2. The molecule has 1 aliphatic heterocycles. The molecule has 1 aromatic rings. The summed E-state index contributed by atoms with van der Waals surface area (Å²) < 4.78 is 0. The third-order valence-electron chi connectivity index (χ3n) is 5.38. The van der Waals surface area contributed by atoms with Crippen molar-refractivity contribution < 1.29 is 9.90 Å². The summed E-state index contributed by atoms with van der Waals surface area (Å²) >= 11 is 0. The zero-order valence-electron chi connectivity index (χ0n) is 16.6. The molecule has 2 N–H and O–H groups in total. The highest BCUT2D eigenvalue weighted by Crippen LogP contribution is 2.37. The Kier molecular flexibility index (Phi) is 7.46. The molecule has 150 valence electrons. The molecule has 5 nitrogen and oxygen atoms in total. The fourth-order valence-electron chi connectivity index (χ4n) is 3.88. The lowest BCUT2D eigenvalue weighted by Gasteiger charge is -2.38. The number of allylic oxidation sites excluding steroid dienone is 1. The number of piperazine rings is 1. The van der Waals surface area contributed by atoms with Crippen LogP contribution in [0.25, 0.3) is 0 Å². The number of rotatable bonds is 5. The van der Waals surface area contributed by atoms with Gasteiger partial charge in [-0.25, -0.2) is 0 Å². The summed E-state index contributed by atoms with van der Waals surface area (Å²) in [5.41, 5.74) is 3.02. The zero-order valence-corrected chi connectivity index (χ0v) is 17.4. The third-order valence-corrected chi connectivity index (χ3v) is 5.38. The van der Waals surface area contributed by atoms with Gasteiger partial charge in [0.2, 0.25) is 0 Å². The van der Waals surface area contributed by atoms with E-state index in [1.165, 1.54) is 0 Å². The minimum atomic E-state index is -0.399. The minimum Gasteiger partial charge on any atom is -0.379 e. The van der Waals surface area contributed by atoms with Crippen molar-refractivity contribution in [2.75, 3.05) is 38.0 Å². The molecule has 6 heteroatoms. The van der Waals surface area contributed by atoms with Gasteiger partial charge in [-0.05, 0) is 30.9 Å². The van der Waals surface area contributed by atoms with E-state index in [-0.39, 0.29) is 23.6 Å². The summed E-state index contributed by atoms with van der Waals surface area (Å²) in [6.07, 6.45) is 1.09. The molecule has 1 atom stereocenters. The SMILES string of the molecule is CC(O)N1CCN(CC2=C(Nc3ccccc3)CC(C)(C)CC2=O)CC1.Cl. The van der Waals surface area contributed by atoms with Gasteiger partial charge in [-0.2, -0.15) is 0 Å². The van der Waals surface area contributed by atoms with Gasteiger partial charge in [0, 0.05) is 56.1 Å². The summed E-state index contributed by atoms with van der Waals surface area (Å²) in [6.45, 7) is 10.3. The van der Waals surface area contributed by atoms with E-state index < -0.39 is 6.23 Å². The topological polar surface area (TPSA) is 55.8 Å². The standard InChI is InChI=1S/C21H31N3O2.ClH/c1-16(25)24-11-9-23(10-12-24)15-18-19(13-21(2,3)14-20(18)26)22-17-7-5-4-6-8-17;/h4-8,16,22,25H,9-15H2,1-3H3;1H. The van der Waals surface area contributed by atoms with E-state index in [0.717, 1.165) is 49.6 Å². The van der Waals surface area contributed by atoms with Crippen molar-refractivity contribution in [2.24, 2.45) is 5.41 Å². The van der Waals surface area contributed by atoms with Gasteiger partial charge in [-0.15, -0.1) is 12.4 Å². The fourth-order valence-corrected chi connectivity index (χ4v) is 3.88. The predicted octanol–water partition coefficient (Wildman–Crippen LogP) is 3.12. The number of aliphatic hydroxyl groups is 1. The number of halogens is 1. The Morgan fingerprint density at radius 1 is 1.11 bits per heavy atom. The first-order chi connectivity index (χ1) is 12.3. The van der Waals surface area contributed by atoms with Crippen molar-refractivity contribution in [1.29, 1.82) is 0 Å². The average Bonchev–Trinajstić information content (AvgIpc) is 2.58. The van der Waals surface area contributed by atoms with Crippen molar-refractivity contribution in [1.82, 2.24) is 9.80 Å². The van der Waals surface area contributed by atoms with Gasteiger partial charge in [0.15, 0.2) is 5.78 Å². The number of carbonyl (C=O) groups excluding carboxylic acids is 1. The first kappa shape index (κ1) is 21.9. The van der Waals surface area contributed by atoms with Crippen LogP contribution in [0.5, 0.6) is 0 Å². The summed E-state index contributed by atoms with van der Waals surface area (Å²) in [7, 11) is 0. The Balaban J connectivity index is 0.00000261. The molecular weight excluding hydrogens is 362 g/mol. The van der Waals surface area contributed by atoms with Crippen molar-refractivity contribution in [2.45, 2.75) is 39.8 Å². The molecule has 1 aromatic carbocycles. The van der Waals surface area contributed by atoms with E-state index in [4.69, 9.17) is 0 Å². The van der Waals surface area contributed by atoms with Crippen molar-refractivity contribution in [3.63, 3.8) is 0 Å². The smallest absolute Gasteiger partial charge is 0.162 e. The Morgan fingerprint density at radius 2 is 1.74 bits per heavy atom. The van der Waals surface area contributed by atoms with E-state index in [1.54, 1.807) is 0 Å². The van der Waals surface area contributed by atoms with E-state index >= 15 is 0 Å². The molecule has 2 aliphatic rings. The second kappa shape index (κ2) is 9.20. The van der Waals surface area contributed by atoms with Crippen molar-refractivity contribution >= 4 is 23.9 Å². The molecule has 0 radical (unpaired) electrons. The van der Waals surface area contributed by atoms with E-state index in [1.807, 2.05) is 37.3 Å². The maximum absolute atomic E-state index is 12.9. The molecule has 0 amide bonds. The Hall–Kier alpha value is -1.40. The molecule has 0 spiro atoms. The van der Waals surface area contributed by atoms with Crippen LogP contribution in [0, 0.1) is 5.41 Å². The van der Waals surface area contributed by atoms with Gasteiger partial charge in [-0.3, -0.25) is 14.6 Å². The number of hydrogen-bond acceptors (Lipinski definition) is 5. The van der Waals surface area contributed by atoms with E-state index in [2.05, 4.69) is 29.0 Å². The van der Waals surface area contributed by atoms with Crippen LogP contribution in [0.3, 0.4) is 0 Å². The van der Waals surface area contributed by atoms with Crippen LogP contribution in [-0.4, -0.2) is 59.6 Å². The number of ketones is 1. The Morgan fingerprint density at radius 3 is 2.33 bits per heavy atom. The number of nitrogens with one attached hydrogen (secondary N) is 1. The minimum absolute atomic E-state index is 0. The first-order valence-electron chi connectivity index (χ1n) is 9.56. The normalized spacial score (nSPS) is 22.3. The van der Waals surface area contributed by atoms with Crippen LogP contribution in [0.1, 0.15) is 33.6 Å². The highest BCUT2D eigenvalue weighted by Gasteiger charge is 2.34. The van der Waals surface area contributed by atoms with Crippen LogP contribution in [0.15, 0.2) is 41.6 Å². The van der Waals surface area contributed by atoms with Crippen LogP contribution in [0.2, 0.25) is 0 Å². The lowest BCUT2D eigenvalue weighted by molar-refractivity contribution is -0.118. The number of carbonyl (C=O) groups is 1. The highest BCUT2D eigenvalue weighted by molar-refractivity contribution is 5.98. The monoisotopic (exact) mass is 393 g/mol. The van der Waals surface area contributed by atoms with E-state index in [0.29, 0.717) is 13.0 Å². The fraction of sp³-hybridized carbons (Fsp3) is 0.571. The number of anilines is 1. The van der Waals surface area contributed by atoms with Gasteiger partial charge in [0.05, 0.1) is 0 Å². The number of benzene rings is 1. The van der Waals surface area contributed by atoms with Crippen LogP contribution in [0.4, 0.5) is 5.69 Å². The van der Waals surface area contributed by atoms with Gasteiger partial charge in [0.1, 0.15) is 6.23 Å². The highest BCUT2D eigenvalue weighted by atomic mass is 35.5. The lowest BCUT2D eigenvalue weighted by atomic mass is 9.75. The first-order valence-corrected chi connectivity index (χ1v) is 9.56. The van der Waals surface area contributed by atoms with Gasteiger partial charge < -0.3 is 10.4 Å². The maximum Gasteiger partial charge on any atom is 0.162 e. The molecule has 1 fully saturated rings. The zero-order chi connectivity index (χ0) is 18.7. The summed E-state index contributed by atoms with van der Waals surface area (Å²) in [6, 6.07) is 10.1. The number of Topliss-reactive ketones (excluding diaryl/α,β-unsaturated/α-hetero) is 1. The molecule has 1 saturated heterocycles. The third kappa shape index (κ3) is 5.79. The molecule has 1 aliphatic carbocycles. The number of nitrogens with zero attached hydrogens (tertiary/aromatic N) is 2. The van der Waals surface area contributed by atoms with Crippen molar-refractivity contribution in [3.05, 3.63) is 41.6 Å². The summed E-state index contributed by atoms with van der Waals surface area (Å²) in [5, 5.41) is 13.2. The van der Waals surface area contributed by atoms with Gasteiger partial charge in [-0.1, -0.05) is 32.0 Å². The summed E-state index contributed by atoms with van der Waals surface area (Å²) in [4.78, 5) is 17.3. The number of para-hydroxylation sites is 1. The van der Waals surface area contributed by atoms with Crippen LogP contribution < -0.4 is 5.32 Å². The molecule has 0 bridgehead atoms. The number of aliphatic hydroxyl groups excluding tert-OH is 1. The van der Waals surface area contributed by atoms with Gasteiger partial charge in [0.25, 0.3) is 0 Å². The predicted molar refractivity (Wildman–Crippen MR) is 112 cm³/mol. The second-order valence-corrected chi connectivity index (χ2v) is 8.33. The number of hydrogen-bond donors (Lipinski definition) is 2. The Bertz CT molecular complexity index is 665. The Labute approximate surface area is 168 Å². The molecule has 0 saturated carbocycles. The molecule has 0 aromatic heterocycles. The largest absolute Gasteiger partial charge is 0.379 e. The van der Waals surface area contributed by atoms with Crippen LogP contribution >= 0.6 is 12.4 Å². The maximum atomic E-state index is 12.9. The van der Waals surface area contributed by atoms with E-state index in [9.17, 15) is 9.90 Å².